The predicted molar refractivity (Wildman–Crippen MR) is 131 cm³/mol. The van der Waals surface area contributed by atoms with Gasteiger partial charge in [-0.1, -0.05) is 13.8 Å². The van der Waals surface area contributed by atoms with Crippen molar-refractivity contribution in [3.8, 4) is 0 Å². The second kappa shape index (κ2) is 13.8. The summed E-state index contributed by atoms with van der Waals surface area (Å²) in [6.07, 6.45) is -5.24. The van der Waals surface area contributed by atoms with E-state index in [-0.39, 0.29) is 13.2 Å². The zero-order valence-electron chi connectivity index (χ0n) is 24.2. The zero-order chi connectivity index (χ0) is 30.3. The number of aliphatic hydroxyl groups excluding tert-OH is 1. The Hall–Kier alpha value is -2.36. The van der Waals surface area contributed by atoms with Crippen molar-refractivity contribution in [3.63, 3.8) is 0 Å². The molecule has 3 aliphatic heterocycles. The molecule has 0 aromatic heterocycles. The highest BCUT2D eigenvalue weighted by molar-refractivity contribution is 5.69. The van der Waals surface area contributed by atoms with Crippen LogP contribution in [0.4, 0.5) is 0 Å². The molecule has 3 aliphatic rings. The monoisotopic (exact) mass is 566 g/mol. The highest BCUT2D eigenvalue weighted by atomic mass is 16.8. The Labute approximate surface area is 228 Å². The lowest BCUT2D eigenvalue weighted by molar-refractivity contribution is -0.230. The van der Waals surface area contributed by atoms with E-state index in [1.165, 1.54) is 13.8 Å². The van der Waals surface area contributed by atoms with Crippen molar-refractivity contribution >= 4 is 23.9 Å². The maximum Gasteiger partial charge on any atom is 0.305 e. The van der Waals surface area contributed by atoms with Gasteiger partial charge in [0.2, 0.25) is 12.4 Å². The van der Waals surface area contributed by atoms with E-state index in [4.69, 9.17) is 43.0 Å². The van der Waals surface area contributed by atoms with Crippen LogP contribution in [0.5, 0.6) is 0 Å². The molecular formula is C25H42O14. The average molecular weight is 567 g/mol. The molecule has 0 amide bonds. The third-order valence-corrected chi connectivity index (χ3v) is 5.88. The first-order valence-electron chi connectivity index (χ1n) is 12.6. The quantitative estimate of drug-likeness (QED) is 0.339. The summed E-state index contributed by atoms with van der Waals surface area (Å²) in [5, 5.41) is 19.1. The molecule has 0 aliphatic carbocycles. The molecule has 0 radical (unpaired) electrons. The van der Waals surface area contributed by atoms with Crippen molar-refractivity contribution in [1.82, 2.24) is 0 Å². The van der Waals surface area contributed by atoms with Crippen LogP contribution in [0.3, 0.4) is 0 Å². The fourth-order valence-electron chi connectivity index (χ4n) is 4.19. The van der Waals surface area contributed by atoms with Crippen LogP contribution in [0, 0.1) is 0 Å². The summed E-state index contributed by atoms with van der Waals surface area (Å²) in [7, 11) is 0. The Kier molecular flexibility index (Phi) is 12.3. The number of esters is 4. The summed E-state index contributed by atoms with van der Waals surface area (Å²) in [5.41, 5.74) is -2.69. The molecule has 39 heavy (non-hydrogen) atoms. The molecular weight excluding hydrogens is 524 g/mol. The number of carbonyl (C=O) groups excluding carboxylic acids is 4. The first-order valence-corrected chi connectivity index (χ1v) is 12.6. The van der Waals surface area contributed by atoms with Crippen molar-refractivity contribution in [2.24, 2.45) is 0 Å². The van der Waals surface area contributed by atoms with Gasteiger partial charge in [-0.25, -0.2) is 0 Å². The van der Waals surface area contributed by atoms with E-state index < -0.39 is 77.9 Å². The molecule has 14 nitrogen and oxygen atoms in total. The van der Waals surface area contributed by atoms with Crippen molar-refractivity contribution in [2.75, 3.05) is 13.2 Å². The molecule has 3 saturated heterocycles. The molecule has 226 valence electrons. The fraction of sp³-hybridized carbons (Fsp3) is 0.840. The molecule has 0 bridgehead atoms. The maximum atomic E-state index is 11.4. The lowest BCUT2D eigenvalue weighted by Gasteiger charge is -2.32. The van der Waals surface area contributed by atoms with Crippen LogP contribution in [-0.4, -0.2) is 101 Å². The number of hydrogen-bond donors (Lipinski definition) is 2. The van der Waals surface area contributed by atoms with Gasteiger partial charge in [-0.3, -0.25) is 19.2 Å². The second-order valence-electron chi connectivity index (χ2n) is 9.67. The number of aliphatic hydroxyl groups is 2. The third-order valence-electron chi connectivity index (χ3n) is 5.88. The highest BCUT2D eigenvalue weighted by Gasteiger charge is 2.61. The normalized spacial score (nSPS) is 35.8. The molecule has 14 heteroatoms. The van der Waals surface area contributed by atoms with Gasteiger partial charge in [-0.2, -0.15) is 0 Å². The van der Waals surface area contributed by atoms with Gasteiger partial charge < -0.3 is 48.1 Å². The van der Waals surface area contributed by atoms with E-state index in [0.717, 1.165) is 20.8 Å². The lowest BCUT2D eigenvalue weighted by atomic mass is 9.94. The van der Waals surface area contributed by atoms with Gasteiger partial charge in [0.1, 0.15) is 30.5 Å². The van der Waals surface area contributed by atoms with Gasteiger partial charge in [0, 0.05) is 27.7 Å². The minimum absolute atomic E-state index is 0.243. The number of ether oxygens (including phenoxy) is 8. The topological polar surface area (TPSA) is 183 Å². The summed E-state index contributed by atoms with van der Waals surface area (Å²) in [6, 6.07) is 0. The maximum absolute atomic E-state index is 11.4. The molecule has 8 atom stereocenters. The number of fused-ring (bicyclic) bond motifs is 1. The van der Waals surface area contributed by atoms with Gasteiger partial charge in [0.05, 0.1) is 6.61 Å². The van der Waals surface area contributed by atoms with E-state index in [1.54, 1.807) is 20.8 Å². The van der Waals surface area contributed by atoms with Crippen LogP contribution in [0.1, 0.15) is 69.2 Å². The Balaban J connectivity index is 0.000000403. The fourth-order valence-corrected chi connectivity index (χ4v) is 4.19. The van der Waals surface area contributed by atoms with Gasteiger partial charge in [-0.15, -0.1) is 0 Å². The van der Waals surface area contributed by atoms with Gasteiger partial charge in [0.25, 0.3) is 0 Å². The average Bonchev–Trinajstić information content (AvgIpc) is 3.33. The van der Waals surface area contributed by atoms with Gasteiger partial charge in [-0.05, 0) is 27.7 Å². The SMILES string of the molecule is CC.CC(=O)OC[C@H]1OC(OC(C)=O)[C@H](OC(C)=O)[C@@]1(C)OC(C)=O.CC1(C)OC2O[C@H](CO)[C@](C)(O)[C@H]2O1. The Morgan fingerprint density at radius 1 is 0.795 bits per heavy atom. The van der Waals surface area contributed by atoms with Crippen LogP contribution in [-0.2, 0) is 57.1 Å². The van der Waals surface area contributed by atoms with Crippen LogP contribution in [0.15, 0.2) is 0 Å². The smallest absolute Gasteiger partial charge is 0.305 e. The summed E-state index contributed by atoms with van der Waals surface area (Å²) >= 11 is 0. The van der Waals surface area contributed by atoms with Crippen LogP contribution >= 0.6 is 0 Å². The van der Waals surface area contributed by atoms with E-state index in [9.17, 15) is 24.3 Å². The number of hydrogen-bond acceptors (Lipinski definition) is 14. The molecule has 3 rings (SSSR count). The van der Waals surface area contributed by atoms with E-state index in [2.05, 4.69) is 0 Å². The van der Waals surface area contributed by atoms with Crippen LogP contribution in [0.2, 0.25) is 0 Å². The van der Waals surface area contributed by atoms with Crippen molar-refractivity contribution in [3.05, 3.63) is 0 Å². The number of rotatable bonds is 6. The molecule has 0 spiro atoms. The summed E-state index contributed by atoms with van der Waals surface area (Å²) in [4.78, 5) is 44.9. The summed E-state index contributed by atoms with van der Waals surface area (Å²) in [5.74, 6) is -3.32. The molecule has 3 heterocycles. The standard InChI is InChI=1S/C14H20O9.C9H16O5.C2H6/c1-7(15)19-6-11-14(5,23-10(4)18)12(20-8(2)16)13(22-11)21-9(3)17;1-8(2)13-6-7(14-8)12-5(4-10)9(6,3)11;1-2/h11-13H,6H2,1-5H3;5-7,10-11H,4H2,1-3H3;1-2H3/t11-,12+,13?,14+;5-,6+,7?,9+;/m11./s1. The third kappa shape index (κ3) is 8.82. The zero-order valence-corrected chi connectivity index (χ0v) is 24.2. The van der Waals surface area contributed by atoms with E-state index >= 15 is 0 Å². The van der Waals surface area contributed by atoms with Gasteiger partial charge >= 0.3 is 23.9 Å². The van der Waals surface area contributed by atoms with Crippen molar-refractivity contribution in [2.45, 2.75) is 123 Å². The molecule has 0 aromatic rings. The van der Waals surface area contributed by atoms with E-state index in [0.29, 0.717) is 0 Å². The Bertz CT molecular complexity index is 871. The second-order valence-corrected chi connectivity index (χ2v) is 9.67. The summed E-state index contributed by atoms with van der Waals surface area (Å²) in [6.45, 7) is 14.7. The Morgan fingerprint density at radius 3 is 1.79 bits per heavy atom. The molecule has 3 fully saturated rings. The minimum atomic E-state index is -1.49. The Morgan fingerprint density at radius 2 is 1.36 bits per heavy atom. The first kappa shape index (κ1) is 34.7. The molecule has 0 saturated carbocycles. The largest absolute Gasteiger partial charge is 0.463 e. The molecule has 0 aromatic carbocycles. The summed E-state index contributed by atoms with van der Waals surface area (Å²) < 4.78 is 42.0. The molecule has 2 unspecified atom stereocenters. The number of carbonyl (C=O) groups is 4. The van der Waals surface area contributed by atoms with E-state index in [1.807, 2.05) is 13.8 Å². The lowest BCUT2D eigenvalue weighted by Crippen LogP contribution is -2.52. The van der Waals surface area contributed by atoms with Gasteiger partial charge in [0.15, 0.2) is 17.7 Å². The first-order chi connectivity index (χ1) is 17.9. The van der Waals surface area contributed by atoms with Crippen molar-refractivity contribution in [1.29, 1.82) is 0 Å². The highest BCUT2D eigenvalue weighted by Crippen LogP contribution is 2.42. The van der Waals surface area contributed by atoms with Crippen LogP contribution in [0.25, 0.3) is 0 Å². The minimum Gasteiger partial charge on any atom is -0.463 e. The predicted octanol–water partition coefficient (Wildman–Crippen LogP) is 0.723. The van der Waals surface area contributed by atoms with Crippen LogP contribution < -0.4 is 0 Å². The van der Waals surface area contributed by atoms with Crippen molar-refractivity contribution < 1.29 is 67.3 Å². The molecule has 2 N–H and O–H groups in total.